The molecule has 0 aromatic heterocycles. The molecule has 0 fully saturated rings. The van der Waals surface area contributed by atoms with Crippen LogP contribution in [0.5, 0.6) is 0 Å². The minimum absolute atomic E-state index is 0.0369. The smallest absolute Gasteiger partial charge is 0.338 e. The first kappa shape index (κ1) is 21.6. The maximum Gasteiger partial charge on any atom is 0.338 e. The van der Waals surface area contributed by atoms with Crippen LogP contribution >= 0.6 is 11.6 Å². The zero-order valence-electron chi connectivity index (χ0n) is 16.0. The normalized spacial score (nSPS) is 17.0. The third kappa shape index (κ3) is 4.42. The number of urea groups is 1. The van der Waals surface area contributed by atoms with Gasteiger partial charge in [0.2, 0.25) is 0 Å². The van der Waals surface area contributed by atoms with Crippen molar-refractivity contribution in [3.05, 3.63) is 50.2 Å². The van der Waals surface area contributed by atoms with Gasteiger partial charge < -0.3 is 14.8 Å². The molecule has 10 heteroatoms. The summed E-state index contributed by atoms with van der Waals surface area (Å²) < 4.78 is 10.1. The van der Waals surface area contributed by atoms with Gasteiger partial charge in [0.15, 0.2) is 0 Å². The Labute approximate surface area is 167 Å². The zero-order valence-corrected chi connectivity index (χ0v) is 16.8. The van der Waals surface area contributed by atoms with Crippen LogP contribution in [0.1, 0.15) is 32.4 Å². The molecule has 1 aliphatic heterocycles. The molecule has 0 bridgehead atoms. The minimum Gasteiger partial charge on any atom is -0.460 e. The summed E-state index contributed by atoms with van der Waals surface area (Å²) in [4.78, 5) is 37.4. The fourth-order valence-corrected chi connectivity index (χ4v) is 3.22. The quantitative estimate of drug-likeness (QED) is 0.319. The molecule has 1 aromatic carbocycles. The van der Waals surface area contributed by atoms with Crippen LogP contribution < -0.4 is 5.32 Å². The number of hydrogen-bond acceptors (Lipinski definition) is 6. The number of nitro benzene ring substituents is 1. The predicted molar refractivity (Wildman–Crippen MR) is 102 cm³/mol. The van der Waals surface area contributed by atoms with E-state index in [0.717, 1.165) is 0 Å². The molecule has 0 unspecified atom stereocenters. The first-order valence-electron chi connectivity index (χ1n) is 8.59. The van der Waals surface area contributed by atoms with Crippen molar-refractivity contribution in [2.24, 2.45) is 0 Å². The van der Waals surface area contributed by atoms with Crippen LogP contribution in [0.25, 0.3) is 0 Å². The van der Waals surface area contributed by atoms with E-state index in [9.17, 15) is 19.7 Å². The van der Waals surface area contributed by atoms with Crippen molar-refractivity contribution in [2.45, 2.75) is 32.9 Å². The average Bonchev–Trinajstić information content (AvgIpc) is 2.61. The number of nitro groups is 1. The molecule has 152 valence electrons. The molecule has 1 atom stereocenters. The largest absolute Gasteiger partial charge is 0.460 e. The molecule has 1 aromatic rings. The third-order valence-corrected chi connectivity index (χ3v) is 4.60. The maximum atomic E-state index is 12.8. The summed E-state index contributed by atoms with van der Waals surface area (Å²) in [5, 5.41) is 13.9. The summed E-state index contributed by atoms with van der Waals surface area (Å²) in [5.74, 6) is -0.636. The van der Waals surface area contributed by atoms with Gasteiger partial charge in [-0.1, -0.05) is 17.7 Å². The van der Waals surface area contributed by atoms with E-state index in [1.165, 1.54) is 30.2 Å². The number of hydrogen-bond donors (Lipinski definition) is 1. The zero-order chi connectivity index (χ0) is 21.0. The van der Waals surface area contributed by atoms with Gasteiger partial charge >= 0.3 is 12.0 Å². The Bertz CT molecular complexity index is 824. The number of halogens is 1. The predicted octanol–water partition coefficient (Wildman–Crippen LogP) is 3.19. The van der Waals surface area contributed by atoms with E-state index in [1.807, 2.05) is 13.8 Å². The monoisotopic (exact) mass is 411 g/mol. The molecule has 0 aliphatic carbocycles. The summed E-state index contributed by atoms with van der Waals surface area (Å²) in [6.45, 7) is 5.52. The topological polar surface area (TPSA) is 111 Å². The second-order valence-electron chi connectivity index (χ2n) is 6.44. The standard InChI is InChI=1S/C18H22ClN3O6/c1-10(2)21-11(3)15(17(23)28-8-7-27-4)16(20-18(21)24)12-5-6-13(19)14(9-12)22(25)26/h5-6,9-10,16H,7-8H2,1-4H3,(H,20,24)/t16-/m0/s1. The fourth-order valence-electron chi connectivity index (χ4n) is 3.04. The number of ether oxygens (including phenoxy) is 2. The lowest BCUT2D eigenvalue weighted by atomic mass is 9.94. The van der Waals surface area contributed by atoms with Crippen molar-refractivity contribution in [3.63, 3.8) is 0 Å². The molecular formula is C18H22ClN3O6. The van der Waals surface area contributed by atoms with E-state index >= 15 is 0 Å². The Kier molecular flexibility index (Phi) is 6.98. The molecular weight excluding hydrogens is 390 g/mol. The van der Waals surface area contributed by atoms with Crippen LogP contribution in [0.4, 0.5) is 10.5 Å². The number of amides is 2. The fraction of sp³-hybridized carbons (Fsp3) is 0.444. The van der Waals surface area contributed by atoms with E-state index in [1.54, 1.807) is 6.92 Å². The number of benzene rings is 1. The Balaban J connectivity index is 2.54. The Morgan fingerprint density at radius 1 is 1.39 bits per heavy atom. The van der Waals surface area contributed by atoms with Crippen molar-refractivity contribution >= 4 is 29.3 Å². The number of carbonyl (C=O) groups excluding carboxylic acids is 2. The second-order valence-corrected chi connectivity index (χ2v) is 6.85. The van der Waals surface area contributed by atoms with Crippen LogP contribution in [-0.4, -0.2) is 48.2 Å². The highest BCUT2D eigenvalue weighted by molar-refractivity contribution is 6.32. The lowest BCUT2D eigenvalue weighted by Crippen LogP contribution is -2.50. The molecule has 0 spiro atoms. The minimum atomic E-state index is -0.909. The van der Waals surface area contributed by atoms with Crippen LogP contribution in [0.3, 0.4) is 0 Å². The molecule has 0 radical (unpaired) electrons. The SMILES string of the molecule is COCCOC(=O)C1=C(C)N(C(C)C)C(=O)N[C@H]1c1ccc(Cl)c([N+](=O)[O-])c1. The van der Waals surface area contributed by atoms with Gasteiger partial charge in [-0.25, -0.2) is 9.59 Å². The van der Waals surface area contributed by atoms with Crippen LogP contribution in [0, 0.1) is 10.1 Å². The molecule has 0 saturated carbocycles. The van der Waals surface area contributed by atoms with Gasteiger partial charge in [0.1, 0.15) is 11.6 Å². The molecule has 1 aliphatic rings. The molecule has 28 heavy (non-hydrogen) atoms. The summed E-state index contributed by atoms with van der Waals surface area (Å²) >= 11 is 5.88. The number of nitrogens with one attached hydrogen (secondary N) is 1. The van der Waals surface area contributed by atoms with E-state index < -0.39 is 23.0 Å². The van der Waals surface area contributed by atoms with Gasteiger partial charge in [-0.3, -0.25) is 15.0 Å². The molecule has 2 rings (SSSR count). The first-order valence-corrected chi connectivity index (χ1v) is 8.97. The molecule has 1 heterocycles. The highest BCUT2D eigenvalue weighted by Gasteiger charge is 2.38. The average molecular weight is 412 g/mol. The Morgan fingerprint density at radius 2 is 2.07 bits per heavy atom. The van der Waals surface area contributed by atoms with Crippen molar-refractivity contribution in [2.75, 3.05) is 20.3 Å². The van der Waals surface area contributed by atoms with Gasteiger partial charge in [0, 0.05) is 24.9 Å². The molecule has 1 N–H and O–H groups in total. The number of rotatable bonds is 7. The van der Waals surface area contributed by atoms with Crippen molar-refractivity contribution in [1.29, 1.82) is 0 Å². The summed E-state index contributed by atoms with van der Waals surface area (Å²) in [7, 11) is 1.48. The Hall–Kier alpha value is -2.65. The van der Waals surface area contributed by atoms with E-state index in [4.69, 9.17) is 21.1 Å². The summed E-state index contributed by atoms with van der Waals surface area (Å²) in [5.41, 5.74) is 0.653. The number of carbonyl (C=O) groups is 2. The summed E-state index contributed by atoms with van der Waals surface area (Å²) in [6, 6.07) is 2.60. The number of nitrogens with zero attached hydrogens (tertiary/aromatic N) is 2. The van der Waals surface area contributed by atoms with Crippen molar-refractivity contribution in [1.82, 2.24) is 10.2 Å². The lowest BCUT2D eigenvalue weighted by molar-refractivity contribution is -0.384. The summed E-state index contributed by atoms with van der Waals surface area (Å²) in [6.07, 6.45) is 0. The van der Waals surface area contributed by atoms with Crippen LogP contribution in [0.15, 0.2) is 29.5 Å². The van der Waals surface area contributed by atoms with Crippen LogP contribution in [-0.2, 0) is 14.3 Å². The maximum absolute atomic E-state index is 12.8. The van der Waals surface area contributed by atoms with E-state index in [0.29, 0.717) is 11.3 Å². The van der Waals surface area contributed by atoms with Crippen molar-refractivity contribution < 1.29 is 24.0 Å². The number of allylic oxidation sites excluding steroid dienone is 1. The van der Waals surface area contributed by atoms with Crippen LogP contribution in [0.2, 0.25) is 5.02 Å². The van der Waals surface area contributed by atoms with E-state index in [2.05, 4.69) is 5.32 Å². The van der Waals surface area contributed by atoms with Gasteiger partial charge in [-0.05, 0) is 32.4 Å². The van der Waals surface area contributed by atoms with Crippen molar-refractivity contribution in [3.8, 4) is 0 Å². The van der Waals surface area contributed by atoms with Gasteiger partial charge in [0.25, 0.3) is 5.69 Å². The molecule has 2 amide bonds. The number of methoxy groups -OCH3 is 1. The second kappa shape index (κ2) is 9.03. The third-order valence-electron chi connectivity index (χ3n) is 4.28. The highest BCUT2D eigenvalue weighted by atomic mass is 35.5. The van der Waals surface area contributed by atoms with E-state index in [-0.39, 0.29) is 35.5 Å². The number of esters is 1. The van der Waals surface area contributed by atoms with Gasteiger partial charge in [-0.2, -0.15) is 0 Å². The van der Waals surface area contributed by atoms with Gasteiger partial charge in [0.05, 0.1) is 23.1 Å². The highest BCUT2D eigenvalue weighted by Crippen LogP contribution is 2.35. The molecule has 0 saturated heterocycles. The van der Waals surface area contributed by atoms with Gasteiger partial charge in [-0.15, -0.1) is 0 Å². The Morgan fingerprint density at radius 3 is 2.64 bits per heavy atom. The molecule has 9 nitrogen and oxygen atoms in total. The lowest BCUT2D eigenvalue weighted by Gasteiger charge is -2.37. The first-order chi connectivity index (χ1) is 13.2.